The Morgan fingerprint density at radius 1 is 1.50 bits per heavy atom. The van der Waals surface area contributed by atoms with Crippen molar-refractivity contribution < 1.29 is 19.0 Å². The summed E-state index contributed by atoms with van der Waals surface area (Å²) in [5, 5.41) is 14.5. The van der Waals surface area contributed by atoms with E-state index in [1.807, 2.05) is 0 Å². The third-order valence-corrected chi connectivity index (χ3v) is 1.93. The van der Waals surface area contributed by atoms with Crippen LogP contribution in [0.1, 0.15) is 0 Å². The molecule has 0 aliphatic heterocycles. The number of carbonyl (C=O) groups is 1. The monoisotopic (exact) mass is 222 g/mol. The van der Waals surface area contributed by atoms with Gasteiger partial charge in [0, 0.05) is 0 Å². The molecule has 0 amide bonds. The molecule has 16 heavy (non-hydrogen) atoms. The smallest absolute Gasteiger partial charge is 0.449 e. The molecule has 2 rings (SSSR count). The van der Waals surface area contributed by atoms with Crippen LogP contribution in [-0.2, 0) is 0 Å². The predicted octanol–water partition coefficient (Wildman–Crippen LogP) is 2.27. The van der Waals surface area contributed by atoms with Gasteiger partial charge in [-0.15, -0.1) is 0 Å². The van der Waals surface area contributed by atoms with Crippen molar-refractivity contribution in [2.45, 2.75) is 0 Å². The highest BCUT2D eigenvalue weighted by Crippen LogP contribution is 2.27. The first-order valence-corrected chi connectivity index (χ1v) is 4.37. The van der Waals surface area contributed by atoms with E-state index in [-0.39, 0.29) is 5.88 Å². The molecule has 0 atom stereocenters. The van der Waals surface area contributed by atoms with E-state index in [9.17, 15) is 9.18 Å². The van der Waals surface area contributed by atoms with E-state index in [4.69, 9.17) is 5.11 Å². The molecular weight excluding hydrogens is 215 g/mol. The Balaban J connectivity index is 2.40. The predicted molar refractivity (Wildman–Crippen MR) is 52.6 cm³/mol. The van der Waals surface area contributed by atoms with E-state index in [2.05, 4.69) is 14.9 Å². The molecular formula is C10H7FN2O3. The quantitative estimate of drug-likeness (QED) is 0.764. The third kappa shape index (κ3) is 2.00. The van der Waals surface area contributed by atoms with Crippen molar-refractivity contribution in [1.82, 2.24) is 10.2 Å². The molecule has 0 spiro atoms. The van der Waals surface area contributed by atoms with Gasteiger partial charge in [0.25, 0.3) is 0 Å². The Hall–Kier alpha value is -2.37. The highest BCUT2D eigenvalue weighted by molar-refractivity contribution is 5.71. The molecule has 0 saturated carbocycles. The number of halogens is 1. The summed E-state index contributed by atoms with van der Waals surface area (Å²) >= 11 is 0. The van der Waals surface area contributed by atoms with Crippen molar-refractivity contribution in [1.29, 1.82) is 0 Å². The lowest BCUT2D eigenvalue weighted by Crippen LogP contribution is -2.04. The number of nitrogens with zero attached hydrogens (tertiary/aromatic N) is 1. The van der Waals surface area contributed by atoms with Gasteiger partial charge in [0.05, 0.1) is 11.8 Å². The van der Waals surface area contributed by atoms with Gasteiger partial charge in [0.2, 0.25) is 5.88 Å². The van der Waals surface area contributed by atoms with Crippen LogP contribution >= 0.6 is 0 Å². The zero-order valence-electron chi connectivity index (χ0n) is 7.98. The van der Waals surface area contributed by atoms with Crippen LogP contribution in [0.25, 0.3) is 11.1 Å². The minimum Gasteiger partial charge on any atom is -0.449 e. The number of rotatable bonds is 2. The van der Waals surface area contributed by atoms with Crippen LogP contribution in [0.5, 0.6) is 5.88 Å². The van der Waals surface area contributed by atoms with Gasteiger partial charge < -0.3 is 9.84 Å². The first-order chi connectivity index (χ1) is 7.66. The molecule has 0 aliphatic carbocycles. The van der Waals surface area contributed by atoms with Gasteiger partial charge in [-0.2, -0.15) is 5.10 Å². The summed E-state index contributed by atoms with van der Waals surface area (Å²) < 4.78 is 17.4. The molecule has 1 heterocycles. The maximum absolute atomic E-state index is 13.0. The lowest BCUT2D eigenvalue weighted by molar-refractivity contribution is 0.142. The summed E-state index contributed by atoms with van der Waals surface area (Å²) in [4.78, 5) is 10.4. The molecule has 0 saturated heterocycles. The van der Waals surface area contributed by atoms with Crippen molar-refractivity contribution in [2.75, 3.05) is 0 Å². The van der Waals surface area contributed by atoms with Crippen LogP contribution in [0.4, 0.5) is 9.18 Å². The van der Waals surface area contributed by atoms with Gasteiger partial charge in [-0.25, -0.2) is 14.3 Å². The van der Waals surface area contributed by atoms with E-state index in [1.165, 1.54) is 24.4 Å². The fraction of sp³-hybridized carbons (Fsp3) is 0. The van der Waals surface area contributed by atoms with E-state index in [1.54, 1.807) is 6.07 Å². The molecule has 1 aromatic heterocycles. The molecule has 5 nitrogen and oxygen atoms in total. The van der Waals surface area contributed by atoms with Crippen LogP contribution in [0.3, 0.4) is 0 Å². The Kier molecular flexibility index (Phi) is 2.55. The number of benzene rings is 1. The van der Waals surface area contributed by atoms with Gasteiger partial charge in [0.1, 0.15) is 5.82 Å². The van der Waals surface area contributed by atoms with Gasteiger partial charge >= 0.3 is 6.16 Å². The van der Waals surface area contributed by atoms with E-state index < -0.39 is 12.0 Å². The lowest BCUT2D eigenvalue weighted by Gasteiger charge is -2.01. The third-order valence-electron chi connectivity index (χ3n) is 1.93. The topological polar surface area (TPSA) is 75.2 Å². The standard InChI is InChI=1S/C10H7FN2O3/c11-7-3-1-2-6(4-7)8-5-12-13-9(8)16-10(14)15/h1-5H,(H,12,13)(H,14,15). The van der Waals surface area contributed by atoms with Crippen molar-refractivity contribution in [3.05, 3.63) is 36.3 Å². The Morgan fingerprint density at radius 2 is 2.31 bits per heavy atom. The summed E-state index contributed by atoms with van der Waals surface area (Å²) in [5.74, 6) is -0.446. The first-order valence-electron chi connectivity index (χ1n) is 4.37. The number of hydrogen-bond donors (Lipinski definition) is 2. The number of aromatic nitrogens is 2. The second kappa shape index (κ2) is 4.01. The molecule has 2 aromatic rings. The lowest BCUT2D eigenvalue weighted by atomic mass is 10.1. The van der Waals surface area contributed by atoms with Crippen molar-refractivity contribution in [2.24, 2.45) is 0 Å². The summed E-state index contributed by atoms with van der Waals surface area (Å²) in [7, 11) is 0. The average molecular weight is 222 g/mol. The summed E-state index contributed by atoms with van der Waals surface area (Å²) in [5.41, 5.74) is 0.881. The number of carboxylic acid groups (broad SMARTS) is 1. The van der Waals surface area contributed by atoms with Crippen molar-refractivity contribution in [3.8, 4) is 17.0 Å². The average Bonchev–Trinajstić information content (AvgIpc) is 2.65. The summed E-state index contributed by atoms with van der Waals surface area (Å²) in [6.45, 7) is 0. The number of hydrogen-bond acceptors (Lipinski definition) is 3. The van der Waals surface area contributed by atoms with Gasteiger partial charge in [-0.1, -0.05) is 12.1 Å². The molecule has 0 radical (unpaired) electrons. The van der Waals surface area contributed by atoms with Crippen LogP contribution < -0.4 is 4.74 Å². The van der Waals surface area contributed by atoms with Crippen LogP contribution in [0, 0.1) is 5.82 Å². The van der Waals surface area contributed by atoms with Crippen LogP contribution in [0.15, 0.2) is 30.5 Å². The van der Waals surface area contributed by atoms with Crippen molar-refractivity contribution >= 4 is 6.16 Å². The largest absolute Gasteiger partial charge is 0.512 e. The number of H-pyrrole nitrogens is 1. The van der Waals surface area contributed by atoms with Crippen LogP contribution in [0.2, 0.25) is 0 Å². The summed E-state index contributed by atoms with van der Waals surface area (Å²) in [6.07, 6.45) is -0.0885. The molecule has 1 aromatic carbocycles. The number of nitrogens with one attached hydrogen (secondary N) is 1. The van der Waals surface area contributed by atoms with Gasteiger partial charge in [-0.05, 0) is 17.7 Å². The zero-order valence-corrected chi connectivity index (χ0v) is 7.98. The number of aromatic amines is 1. The van der Waals surface area contributed by atoms with Gasteiger partial charge in [-0.3, -0.25) is 0 Å². The highest BCUT2D eigenvalue weighted by Gasteiger charge is 2.12. The Labute approximate surface area is 89.5 Å². The van der Waals surface area contributed by atoms with E-state index in [0.717, 1.165) is 0 Å². The second-order valence-corrected chi connectivity index (χ2v) is 2.99. The Bertz CT molecular complexity index is 524. The molecule has 2 N–H and O–H groups in total. The molecule has 0 fully saturated rings. The van der Waals surface area contributed by atoms with E-state index >= 15 is 0 Å². The van der Waals surface area contributed by atoms with E-state index in [0.29, 0.717) is 11.1 Å². The fourth-order valence-corrected chi connectivity index (χ4v) is 1.30. The second-order valence-electron chi connectivity index (χ2n) is 2.99. The summed E-state index contributed by atoms with van der Waals surface area (Å²) in [6, 6.07) is 5.70. The van der Waals surface area contributed by atoms with Crippen molar-refractivity contribution in [3.63, 3.8) is 0 Å². The minimum atomic E-state index is -1.46. The molecule has 82 valence electrons. The van der Waals surface area contributed by atoms with Crippen LogP contribution in [-0.4, -0.2) is 21.5 Å². The zero-order chi connectivity index (χ0) is 11.5. The normalized spacial score (nSPS) is 10.1. The van der Waals surface area contributed by atoms with Gasteiger partial charge in [0.15, 0.2) is 0 Å². The minimum absolute atomic E-state index is 0.0295. The fourth-order valence-electron chi connectivity index (χ4n) is 1.30. The molecule has 0 aliphatic rings. The maximum Gasteiger partial charge on any atom is 0.512 e. The SMILES string of the molecule is O=C(O)Oc1[nH]ncc1-c1cccc(F)c1. The first kappa shape index (κ1) is 10.2. The molecule has 6 heteroatoms. The Morgan fingerprint density at radius 3 is 3.00 bits per heavy atom. The number of ether oxygens (including phenoxy) is 1. The molecule has 0 bridgehead atoms. The highest BCUT2D eigenvalue weighted by atomic mass is 19.1. The maximum atomic E-state index is 13.0. The molecule has 0 unspecified atom stereocenters.